The van der Waals surface area contributed by atoms with Gasteiger partial charge in [0, 0.05) is 6.54 Å². The standard InChI is InChI=1S/C14H21ClN2O/c1-9(2)8-16-14(18)11(4)17-13-10(3)6-5-7-12(13)15/h5-7,9,11,17H,8H2,1-4H3,(H,16,18). The lowest BCUT2D eigenvalue weighted by Gasteiger charge is -2.18. The van der Waals surface area contributed by atoms with Crippen molar-refractivity contribution in [3.63, 3.8) is 0 Å². The summed E-state index contributed by atoms with van der Waals surface area (Å²) < 4.78 is 0. The van der Waals surface area contributed by atoms with Crippen LogP contribution in [0, 0.1) is 12.8 Å². The Morgan fingerprint density at radius 1 is 1.33 bits per heavy atom. The number of amides is 1. The van der Waals surface area contributed by atoms with Crippen molar-refractivity contribution in [2.24, 2.45) is 5.92 Å². The van der Waals surface area contributed by atoms with Gasteiger partial charge in [0.25, 0.3) is 0 Å². The summed E-state index contributed by atoms with van der Waals surface area (Å²) in [6.07, 6.45) is 0. The molecular weight excluding hydrogens is 248 g/mol. The second-order valence-electron chi connectivity index (χ2n) is 4.94. The highest BCUT2D eigenvalue weighted by Crippen LogP contribution is 2.25. The van der Waals surface area contributed by atoms with Gasteiger partial charge in [-0.25, -0.2) is 0 Å². The van der Waals surface area contributed by atoms with Crippen LogP contribution >= 0.6 is 11.6 Å². The predicted octanol–water partition coefficient (Wildman–Crippen LogP) is 3.22. The SMILES string of the molecule is Cc1cccc(Cl)c1NC(C)C(=O)NCC(C)C. The highest BCUT2D eigenvalue weighted by atomic mass is 35.5. The quantitative estimate of drug-likeness (QED) is 0.861. The van der Waals surface area contributed by atoms with E-state index in [9.17, 15) is 4.79 Å². The maximum Gasteiger partial charge on any atom is 0.242 e. The minimum absolute atomic E-state index is 0.0111. The lowest BCUT2D eigenvalue weighted by atomic mass is 10.1. The number of halogens is 1. The van der Waals surface area contributed by atoms with E-state index in [2.05, 4.69) is 24.5 Å². The number of carbonyl (C=O) groups is 1. The van der Waals surface area contributed by atoms with E-state index in [1.165, 1.54) is 0 Å². The second kappa shape index (κ2) is 6.64. The molecule has 1 unspecified atom stereocenters. The number of hydrogen-bond acceptors (Lipinski definition) is 2. The van der Waals surface area contributed by atoms with Crippen LogP contribution in [-0.4, -0.2) is 18.5 Å². The Balaban J connectivity index is 2.64. The Bertz CT molecular complexity index is 398. The topological polar surface area (TPSA) is 41.1 Å². The summed E-state index contributed by atoms with van der Waals surface area (Å²) >= 11 is 6.11. The number of para-hydroxylation sites is 1. The molecule has 4 heteroatoms. The van der Waals surface area contributed by atoms with E-state index >= 15 is 0 Å². The molecule has 1 aromatic carbocycles. The fourth-order valence-corrected chi connectivity index (χ4v) is 1.83. The zero-order valence-corrected chi connectivity index (χ0v) is 12.1. The van der Waals surface area contributed by atoms with Gasteiger partial charge >= 0.3 is 0 Å². The van der Waals surface area contributed by atoms with Gasteiger partial charge in [-0.3, -0.25) is 4.79 Å². The van der Waals surface area contributed by atoms with E-state index in [4.69, 9.17) is 11.6 Å². The van der Waals surface area contributed by atoms with E-state index in [1.807, 2.05) is 32.0 Å². The number of benzene rings is 1. The van der Waals surface area contributed by atoms with E-state index in [1.54, 1.807) is 0 Å². The van der Waals surface area contributed by atoms with Gasteiger partial charge in [0.15, 0.2) is 0 Å². The van der Waals surface area contributed by atoms with Crippen molar-refractivity contribution in [1.82, 2.24) is 5.32 Å². The third-order valence-electron chi connectivity index (χ3n) is 2.66. The molecule has 1 rings (SSSR count). The fraction of sp³-hybridized carbons (Fsp3) is 0.500. The van der Waals surface area contributed by atoms with E-state index < -0.39 is 0 Å². The number of carbonyl (C=O) groups excluding carboxylic acids is 1. The minimum atomic E-state index is -0.303. The number of nitrogens with one attached hydrogen (secondary N) is 2. The molecule has 0 spiro atoms. The molecule has 0 bridgehead atoms. The summed E-state index contributed by atoms with van der Waals surface area (Å²) in [4.78, 5) is 11.9. The van der Waals surface area contributed by atoms with Gasteiger partial charge < -0.3 is 10.6 Å². The summed E-state index contributed by atoms with van der Waals surface area (Å²) in [5, 5.41) is 6.69. The molecule has 1 amide bonds. The molecule has 0 aromatic heterocycles. The van der Waals surface area contributed by atoms with Gasteiger partial charge in [-0.1, -0.05) is 37.6 Å². The number of anilines is 1. The van der Waals surface area contributed by atoms with Crippen LogP contribution in [0.15, 0.2) is 18.2 Å². The predicted molar refractivity (Wildman–Crippen MR) is 77.1 cm³/mol. The molecule has 0 saturated heterocycles. The monoisotopic (exact) mass is 268 g/mol. The van der Waals surface area contributed by atoms with Crippen LogP contribution in [0.4, 0.5) is 5.69 Å². The average molecular weight is 269 g/mol. The maximum atomic E-state index is 11.9. The molecule has 18 heavy (non-hydrogen) atoms. The fourth-order valence-electron chi connectivity index (χ4n) is 1.55. The van der Waals surface area contributed by atoms with Gasteiger partial charge in [0.05, 0.1) is 10.7 Å². The molecule has 1 atom stereocenters. The maximum absolute atomic E-state index is 11.9. The molecule has 0 saturated carbocycles. The van der Waals surface area contributed by atoms with Crippen molar-refractivity contribution in [3.05, 3.63) is 28.8 Å². The summed E-state index contributed by atoms with van der Waals surface area (Å²) in [5.41, 5.74) is 1.86. The van der Waals surface area contributed by atoms with Crippen LogP contribution in [0.5, 0.6) is 0 Å². The first-order valence-electron chi connectivity index (χ1n) is 6.21. The Morgan fingerprint density at radius 3 is 2.56 bits per heavy atom. The smallest absolute Gasteiger partial charge is 0.242 e. The molecule has 0 aliphatic rings. The molecule has 3 nitrogen and oxygen atoms in total. The second-order valence-corrected chi connectivity index (χ2v) is 5.34. The van der Waals surface area contributed by atoms with Crippen molar-refractivity contribution in [2.45, 2.75) is 33.7 Å². The Kier molecular flexibility index (Phi) is 5.48. The Morgan fingerprint density at radius 2 is 2.00 bits per heavy atom. The third kappa shape index (κ3) is 4.22. The molecule has 2 N–H and O–H groups in total. The van der Waals surface area contributed by atoms with E-state index in [0.29, 0.717) is 17.5 Å². The van der Waals surface area contributed by atoms with Crippen LogP contribution in [0.1, 0.15) is 26.3 Å². The van der Waals surface area contributed by atoms with E-state index in [-0.39, 0.29) is 11.9 Å². The number of aryl methyl sites for hydroxylation is 1. The van der Waals surface area contributed by atoms with Crippen LogP contribution < -0.4 is 10.6 Å². The lowest BCUT2D eigenvalue weighted by Crippen LogP contribution is -2.39. The molecule has 0 aliphatic heterocycles. The van der Waals surface area contributed by atoms with Crippen LogP contribution in [0.25, 0.3) is 0 Å². The van der Waals surface area contributed by atoms with Crippen molar-refractivity contribution >= 4 is 23.2 Å². The summed E-state index contributed by atoms with van der Waals surface area (Å²) in [5.74, 6) is 0.436. The molecule has 0 fully saturated rings. The summed E-state index contributed by atoms with van der Waals surface area (Å²) in [7, 11) is 0. The number of rotatable bonds is 5. The third-order valence-corrected chi connectivity index (χ3v) is 2.98. The largest absolute Gasteiger partial charge is 0.372 e. The van der Waals surface area contributed by atoms with Crippen LogP contribution in [0.2, 0.25) is 5.02 Å². The lowest BCUT2D eigenvalue weighted by molar-refractivity contribution is -0.121. The van der Waals surface area contributed by atoms with Crippen LogP contribution in [0.3, 0.4) is 0 Å². The van der Waals surface area contributed by atoms with Gasteiger partial charge in [0.1, 0.15) is 6.04 Å². The summed E-state index contributed by atoms with van der Waals surface area (Å²) in [6, 6.07) is 5.37. The molecule has 0 heterocycles. The van der Waals surface area contributed by atoms with Crippen molar-refractivity contribution in [2.75, 3.05) is 11.9 Å². The molecular formula is C14H21ClN2O. The molecule has 0 aliphatic carbocycles. The van der Waals surface area contributed by atoms with Crippen LogP contribution in [-0.2, 0) is 4.79 Å². The highest BCUT2D eigenvalue weighted by Gasteiger charge is 2.14. The Hall–Kier alpha value is -1.22. The Labute approximate surface area is 114 Å². The first-order valence-corrected chi connectivity index (χ1v) is 6.59. The van der Waals surface area contributed by atoms with E-state index in [0.717, 1.165) is 11.3 Å². The van der Waals surface area contributed by atoms with Gasteiger partial charge in [-0.15, -0.1) is 0 Å². The zero-order chi connectivity index (χ0) is 13.7. The van der Waals surface area contributed by atoms with Gasteiger partial charge in [-0.2, -0.15) is 0 Å². The summed E-state index contributed by atoms with van der Waals surface area (Å²) in [6.45, 7) is 8.62. The molecule has 0 radical (unpaired) electrons. The van der Waals surface area contributed by atoms with Crippen molar-refractivity contribution in [1.29, 1.82) is 0 Å². The van der Waals surface area contributed by atoms with Gasteiger partial charge in [-0.05, 0) is 31.4 Å². The van der Waals surface area contributed by atoms with Gasteiger partial charge in [0.2, 0.25) is 5.91 Å². The zero-order valence-electron chi connectivity index (χ0n) is 11.4. The average Bonchev–Trinajstić information content (AvgIpc) is 2.30. The van der Waals surface area contributed by atoms with Crippen molar-refractivity contribution in [3.8, 4) is 0 Å². The number of hydrogen-bond donors (Lipinski definition) is 2. The first-order chi connectivity index (χ1) is 8.41. The molecule has 100 valence electrons. The van der Waals surface area contributed by atoms with Crippen molar-refractivity contribution < 1.29 is 4.79 Å². The normalized spacial score (nSPS) is 12.3. The molecule has 1 aromatic rings. The highest BCUT2D eigenvalue weighted by molar-refractivity contribution is 6.33. The minimum Gasteiger partial charge on any atom is -0.372 e. The first kappa shape index (κ1) is 14.8.